The van der Waals surface area contributed by atoms with Gasteiger partial charge in [0.25, 0.3) is 0 Å². The Balaban J connectivity index is 1.84. The predicted octanol–water partition coefficient (Wildman–Crippen LogP) is 2.48. The summed E-state index contributed by atoms with van der Waals surface area (Å²) in [5.74, 6) is 0.893. The Morgan fingerprint density at radius 3 is 2.63 bits per heavy atom. The van der Waals surface area contributed by atoms with Crippen LogP contribution in [0.3, 0.4) is 0 Å². The van der Waals surface area contributed by atoms with Gasteiger partial charge in [-0.2, -0.15) is 5.10 Å². The van der Waals surface area contributed by atoms with Gasteiger partial charge in [0.15, 0.2) is 5.82 Å². The van der Waals surface area contributed by atoms with E-state index in [9.17, 15) is 0 Å². The molecule has 1 heterocycles. The maximum Gasteiger partial charge on any atom is 0.156 e. The van der Waals surface area contributed by atoms with E-state index in [0.29, 0.717) is 5.41 Å². The first-order valence-corrected chi connectivity index (χ1v) is 6.90. The van der Waals surface area contributed by atoms with Crippen LogP contribution in [0.25, 0.3) is 10.8 Å². The smallest absolute Gasteiger partial charge is 0.156 e. The van der Waals surface area contributed by atoms with Gasteiger partial charge < -0.3 is 11.1 Å². The first kappa shape index (κ1) is 12.4. The highest BCUT2D eigenvalue weighted by Gasteiger charge is 2.41. The molecule has 19 heavy (non-hydrogen) atoms. The molecule has 1 aromatic heterocycles. The maximum absolute atomic E-state index is 5.68. The first-order chi connectivity index (χ1) is 9.24. The van der Waals surface area contributed by atoms with Gasteiger partial charge in [0.1, 0.15) is 0 Å². The van der Waals surface area contributed by atoms with Crippen LogP contribution in [0.4, 0.5) is 5.82 Å². The highest BCUT2D eigenvalue weighted by atomic mass is 15.2. The molecule has 1 saturated carbocycles. The fourth-order valence-electron chi connectivity index (χ4n) is 2.64. The van der Waals surface area contributed by atoms with Crippen molar-refractivity contribution >= 4 is 16.6 Å². The van der Waals surface area contributed by atoms with Gasteiger partial charge in [-0.05, 0) is 38.1 Å². The number of aryl methyl sites for hydroxylation is 1. The summed E-state index contributed by atoms with van der Waals surface area (Å²) in [5, 5.41) is 14.3. The van der Waals surface area contributed by atoms with E-state index in [4.69, 9.17) is 5.73 Å². The fourth-order valence-corrected chi connectivity index (χ4v) is 2.64. The van der Waals surface area contributed by atoms with Gasteiger partial charge in [-0.3, -0.25) is 0 Å². The number of aromatic nitrogens is 2. The lowest BCUT2D eigenvalue weighted by atomic mass is 10.0. The molecule has 0 unspecified atom stereocenters. The second kappa shape index (κ2) is 4.78. The Bertz CT molecular complexity index is 590. The molecule has 0 spiro atoms. The number of nitrogens with two attached hydrogens (primary N) is 1. The molecule has 0 amide bonds. The monoisotopic (exact) mass is 256 g/mol. The molecular weight excluding hydrogens is 236 g/mol. The van der Waals surface area contributed by atoms with Crippen molar-refractivity contribution in [3.05, 3.63) is 30.0 Å². The second-order valence-corrected chi connectivity index (χ2v) is 5.57. The van der Waals surface area contributed by atoms with Crippen LogP contribution in [-0.2, 0) is 0 Å². The molecule has 0 saturated heterocycles. The minimum Gasteiger partial charge on any atom is -0.368 e. The predicted molar refractivity (Wildman–Crippen MR) is 78.1 cm³/mol. The maximum atomic E-state index is 5.68. The van der Waals surface area contributed by atoms with Crippen molar-refractivity contribution < 1.29 is 0 Å². The van der Waals surface area contributed by atoms with Crippen molar-refractivity contribution in [1.82, 2.24) is 10.2 Å². The molecule has 4 heteroatoms. The Morgan fingerprint density at radius 1 is 1.21 bits per heavy atom. The van der Waals surface area contributed by atoms with Crippen LogP contribution >= 0.6 is 0 Å². The van der Waals surface area contributed by atoms with E-state index < -0.39 is 0 Å². The molecule has 3 rings (SSSR count). The van der Waals surface area contributed by atoms with Gasteiger partial charge in [-0.25, -0.2) is 0 Å². The molecule has 2 aromatic rings. The summed E-state index contributed by atoms with van der Waals surface area (Å²) in [7, 11) is 0. The number of fused-ring (bicyclic) bond motifs is 1. The van der Waals surface area contributed by atoms with Crippen LogP contribution < -0.4 is 11.1 Å². The molecule has 4 nitrogen and oxygen atoms in total. The van der Waals surface area contributed by atoms with E-state index in [1.807, 2.05) is 19.1 Å². The van der Waals surface area contributed by atoms with Crippen LogP contribution in [-0.4, -0.2) is 23.3 Å². The summed E-state index contributed by atoms with van der Waals surface area (Å²) in [6, 6.07) is 8.28. The van der Waals surface area contributed by atoms with Crippen LogP contribution in [0.2, 0.25) is 0 Å². The zero-order valence-electron chi connectivity index (χ0n) is 11.3. The molecule has 1 aromatic carbocycles. The van der Waals surface area contributed by atoms with Crippen molar-refractivity contribution in [2.75, 3.05) is 18.4 Å². The third-order valence-electron chi connectivity index (χ3n) is 4.13. The molecule has 0 bridgehead atoms. The lowest BCUT2D eigenvalue weighted by Crippen LogP contribution is -2.20. The molecule has 100 valence electrons. The SMILES string of the molecule is Cc1nnc(NCC2(CCN)CC2)c2ccccc12. The summed E-state index contributed by atoms with van der Waals surface area (Å²) in [5.41, 5.74) is 7.06. The van der Waals surface area contributed by atoms with E-state index in [2.05, 4.69) is 27.6 Å². The number of anilines is 1. The third kappa shape index (κ3) is 2.40. The number of nitrogens with zero attached hydrogens (tertiary/aromatic N) is 2. The quantitative estimate of drug-likeness (QED) is 0.862. The molecule has 1 aliphatic rings. The van der Waals surface area contributed by atoms with E-state index in [1.54, 1.807) is 0 Å². The summed E-state index contributed by atoms with van der Waals surface area (Å²) in [6.07, 6.45) is 3.64. The van der Waals surface area contributed by atoms with Gasteiger partial charge in [0, 0.05) is 17.3 Å². The minimum atomic E-state index is 0.405. The van der Waals surface area contributed by atoms with Crippen molar-refractivity contribution in [2.24, 2.45) is 11.1 Å². The molecule has 0 atom stereocenters. The van der Waals surface area contributed by atoms with Gasteiger partial charge in [0.2, 0.25) is 0 Å². The second-order valence-electron chi connectivity index (χ2n) is 5.57. The summed E-state index contributed by atoms with van der Waals surface area (Å²) in [6.45, 7) is 3.71. The highest BCUT2D eigenvalue weighted by Crippen LogP contribution is 2.48. The molecule has 3 N–H and O–H groups in total. The highest BCUT2D eigenvalue weighted by molar-refractivity contribution is 5.92. The van der Waals surface area contributed by atoms with Crippen LogP contribution in [0, 0.1) is 12.3 Å². The van der Waals surface area contributed by atoms with Crippen molar-refractivity contribution in [3.8, 4) is 0 Å². The zero-order valence-corrected chi connectivity index (χ0v) is 11.3. The molecule has 1 fully saturated rings. The molecule has 0 radical (unpaired) electrons. The number of hydrogen-bond donors (Lipinski definition) is 2. The minimum absolute atomic E-state index is 0.405. The topological polar surface area (TPSA) is 63.8 Å². The summed E-state index contributed by atoms with van der Waals surface area (Å²) in [4.78, 5) is 0. The average molecular weight is 256 g/mol. The lowest BCUT2D eigenvalue weighted by molar-refractivity contribution is 0.500. The van der Waals surface area contributed by atoms with Crippen LogP contribution in [0.5, 0.6) is 0 Å². The van der Waals surface area contributed by atoms with Crippen molar-refractivity contribution in [3.63, 3.8) is 0 Å². The Morgan fingerprint density at radius 2 is 1.95 bits per heavy atom. The van der Waals surface area contributed by atoms with E-state index >= 15 is 0 Å². The standard InChI is InChI=1S/C15H20N4/c1-11-12-4-2-3-5-13(12)14(19-18-11)17-10-15(6-7-15)8-9-16/h2-5H,6-10,16H2,1H3,(H,17,19). The third-order valence-corrected chi connectivity index (χ3v) is 4.13. The summed E-state index contributed by atoms with van der Waals surface area (Å²) >= 11 is 0. The van der Waals surface area contributed by atoms with E-state index in [-0.39, 0.29) is 0 Å². The van der Waals surface area contributed by atoms with Gasteiger partial charge >= 0.3 is 0 Å². The van der Waals surface area contributed by atoms with Crippen molar-refractivity contribution in [1.29, 1.82) is 0 Å². The normalized spacial score (nSPS) is 16.5. The number of benzene rings is 1. The number of nitrogens with one attached hydrogen (secondary N) is 1. The van der Waals surface area contributed by atoms with E-state index in [1.165, 1.54) is 18.2 Å². The Kier molecular flexibility index (Phi) is 3.11. The largest absolute Gasteiger partial charge is 0.368 e. The fraction of sp³-hybridized carbons (Fsp3) is 0.467. The first-order valence-electron chi connectivity index (χ1n) is 6.90. The van der Waals surface area contributed by atoms with Gasteiger partial charge in [-0.1, -0.05) is 24.3 Å². The molecular formula is C15H20N4. The van der Waals surface area contributed by atoms with Crippen LogP contribution in [0.1, 0.15) is 25.0 Å². The zero-order chi connectivity index (χ0) is 13.3. The Labute approximate surface area is 113 Å². The lowest BCUT2D eigenvalue weighted by Gasteiger charge is -2.16. The van der Waals surface area contributed by atoms with Gasteiger partial charge in [0.05, 0.1) is 5.69 Å². The van der Waals surface area contributed by atoms with E-state index in [0.717, 1.165) is 36.4 Å². The van der Waals surface area contributed by atoms with Crippen LogP contribution in [0.15, 0.2) is 24.3 Å². The Hall–Kier alpha value is -1.68. The number of rotatable bonds is 5. The number of hydrogen-bond acceptors (Lipinski definition) is 4. The molecule has 1 aliphatic carbocycles. The average Bonchev–Trinajstić information content (AvgIpc) is 3.19. The van der Waals surface area contributed by atoms with Gasteiger partial charge in [-0.15, -0.1) is 5.10 Å². The molecule has 0 aliphatic heterocycles. The van der Waals surface area contributed by atoms with Crippen molar-refractivity contribution in [2.45, 2.75) is 26.2 Å². The summed E-state index contributed by atoms with van der Waals surface area (Å²) < 4.78 is 0.